The number of Topliss-reactive ketones (excluding diaryl/α,β-unsaturated/α-hetero) is 1. The smallest absolute Gasteiger partial charge is 0.349 e. The molecule has 2 heterocycles. The molecule has 1 saturated carbocycles. The van der Waals surface area contributed by atoms with Crippen LogP contribution in [-0.4, -0.2) is 27.6 Å². The van der Waals surface area contributed by atoms with Crippen molar-refractivity contribution in [3.8, 4) is 0 Å². The molecule has 1 aliphatic rings. The molecule has 0 aliphatic heterocycles. The quantitative estimate of drug-likeness (QED) is 0.629. The number of benzene rings is 1. The Morgan fingerprint density at radius 3 is 2.85 bits per heavy atom. The molecule has 140 valence electrons. The Hall–Kier alpha value is -2.54. The van der Waals surface area contributed by atoms with Gasteiger partial charge in [0.1, 0.15) is 15.5 Å². The van der Waals surface area contributed by atoms with Crippen molar-refractivity contribution in [3.05, 3.63) is 52.3 Å². The van der Waals surface area contributed by atoms with E-state index < -0.39 is 12.1 Å². The molecule has 1 atom stereocenters. The van der Waals surface area contributed by atoms with Gasteiger partial charge in [0.2, 0.25) is 0 Å². The molecule has 0 spiro atoms. The van der Waals surface area contributed by atoms with E-state index in [1.54, 1.807) is 18.2 Å². The minimum absolute atomic E-state index is 0.00868. The van der Waals surface area contributed by atoms with Gasteiger partial charge < -0.3 is 4.74 Å². The van der Waals surface area contributed by atoms with E-state index in [0.717, 1.165) is 34.3 Å². The summed E-state index contributed by atoms with van der Waals surface area (Å²) in [4.78, 5) is 25.7. The first-order valence-corrected chi connectivity index (χ1v) is 9.78. The van der Waals surface area contributed by atoms with Crippen molar-refractivity contribution in [2.75, 3.05) is 0 Å². The largest absolute Gasteiger partial charge is 0.450 e. The van der Waals surface area contributed by atoms with Gasteiger partial charge in [-0.1, -0.05) is 12.1 Å². The van der Waals surface area contributed by atoms with E-state index >= 15 is 0 Å². The molecular formula is C20H19FN2O3S. The molecule has 4 rings (SSSR count). The topological polar surface area (TPSA) is 61.2 Å². The Balaban J connectivity index is 1.57. The van der Waals surface area contributed by atoms with Crippen LogP contribution in [0.5, 0.6) is 0 Å². The zero-order chi connectivity index (χ0) is 19.0. The summed E-state index contributed by atoms with van der Waals surface area (Å²) in [5.41, 5.74) is 1.74. The molecule has 1 fully saturated rings. The first-order valence-electron chi connectivity index (χ1n) is 8.96. The number of ether oxygens (including phenoxy) is 1. The summed E-state index contributed by atoms with van der Waals surface area (Å²) in [6.07, 6.45) is 2.24. The lowest BCUT2D eigenvalue weighted by molar-refractivity contribution is -0.129. The molecule has 0 N–H and O–H groups in total. The Labute approximate surface area is 159 Å². The number of aromatic nitrogens is 2. The molecule has 0 bridgehead atoms. The van der Waals surface area contributed by atoms with Crippen molar-refractivity contribution in [3.63, 3.8) is 0 Å². The fourth-order valence-corrected chi connectivity index (χ4v) is 4.39. The average molecular weight is 386 g/mol. The number of nitrogens with zero attached hydrogens (tertiary/aromatic N) is 2. The molecule has 27 heavy (non-hydrogen) atoms. The number of hydrogen-bond donors (Lipinski definition) is 0. The van der Waals surface area contributed by atoms with Crippen LogP contribution in [-0.2, 0) is 16.1 Å². The lowest BCUT2D eigenvalue weighted by Crippen LogP contribution is -2.29. The predicted molar refractivity (Wildman–Crippen MR) is 101 cm³/mol. The Morgan fingerprint density at radius 2 is 2.11 bits per heavy atom. The summed E-state index contributed by atoms with van der Waals surface area (Å²) in [5.74, 6) is -0.725. The van der Waals surface area contributed by atoms with Gasteiger partial charge in [-0.15, -0.1) is 11.3 Å². The van der Waals surface area contributed by atoms with Crippen molar-refractivity contribution >= 4 is 33.3 Å². The first-order chi connectivity index (χ1) is 13.0. The normalized spacial score (nSPS) is 17.4. The van der Waals surface area contributed by atoms with Gasteiger partial charge >= 0.3 is 5.97 Å². The standard InChI is InChI=1S/C20H19FN2O3S/c1-12-15-10-18(20(25)26-17-5-3-2-4-16(17)24)27-19(15)23(22-12)11-13-6-8-14(21)9-7-13/h6-10,17H,2-5,11H2,1H3/t17-/m0/s1. The van der Waals surface area contributed by atoms with Crippen LogP contribution in [0.3, 0.4) is 0 Å². The van der Waals surface area contributed by atoms with Crippen LogP contribution in [0.2, 0.25) is 0 Å². The van der Waals surface area contributed by atoms with Gasteiger partial charge in [-0.05, 0) is 49.9 Å². The molecule has 1 aliphatic carbocycles. The second kappa shape index (κ2) is 7.23. The van der Waals surface area contributed by atoms with E-state index in [-0.39, 0.29) is 11.6 Å². The number of hydrogen-bond acceptors (Lipinski definition) is 5. The third-order valence-corrected chi connectivity index (χ3v) is 5.93. The van der Waals surface area contributed by atoms with Crippen LogP contribution in [0.15, 0.2) is 30.3 Å². The minimum atomic E-state index is -0.617. The zero-order valence-electron chi connectivity index (χ0n) is 14.9. The number of ketones is 1. The van der Waals surface area contributed by atoms with E-state index in [1.807, 2.05) is 11.6 Å². The highest BCUT2D eigenvalue weighted by Crippen LogP contribution is 2.30. The summed E-state index contributed by atoms with van der Waals surface area (Å²) < 4.78 is 20.4. The number of carbonyl (C=O) groups is 2. The lowest BCUT2D eigenvalue weighted by Gasteiger charge is -2.20. The number of esters is 1. The maximum Gasteiger partial charge on any atom is 0.349 e. The fourth-order valence-electron chi connectivity index (χ4n) is 3.35. The average Bonchev–Trinajstić information content (AvgIpc) is 3.21. The number of aryl methyl sites for hydroxylation is 1. The highest BCUT2D eigenvalue weighted by atomic mass is 32.1. The van der Waals surface area contributed by atoms with Crippen molar-refractivity contribution in [1.29, 1.82) is 0 Å². The number of rotatable bonds is 4. The van der Waals surface area contributed by atoms with Gasteiger partial charge in [0, 0.05) is 11.8 Å². The first kappa shape index (κ1) is 17.9. The maximum atomic E-state index is 13.1. The molecule has 0 unspecified atom stereocenters. The van der Waals surface area contributed by atoms with Crippen LogP contribution >= 0.6 is 11.3 Å². The van der Waals surface area contributed by atoms with Crippen LogP contribution in [0.25, 0.3) is 10.2 Å². The summed E-state index contributed by atoms with van der Waals surface area (Å²) >= 11 is 1.31. The van der Waals surface area contributed by atoms with Crippen molar-refractivity contribution in [2.24, 2.45) is 0 Å². The van der Waals surface area contributed by atoms with Gasteiger partial charge in [-0.25, -0.2) is 9.18 Å². The Morgan fingerprint density at radius 1 is 1.33 bits per heavy atom. The van der Waals surface area contributed by atoms with E-state index in [4.69, 9.17) is 4.74 Å². The van der Waals surface area contributed by atoms with E-state index in [1.165, 1.54) is 23.5 Å². The van der Waals surface area contributed by atoms with E-state index in [9.17, 15) is 14.0 Å². The zero-order valence-corrected chi connectivity index (χ0v) is 15.7. The number of thiophene rings is 1. The lowest BCUT2D eigenvalue weighted by atomic mass is 9.96. The molecule has 5 nitrogen and oxygen atoms in total. The second-order valence-electron chi connectivity index (χ2n) is 6.81. The van der Waals surface area contributed by atoms with Gasteiger partial charge in [-0.3, -0.25) is 9.48 Å². The van der Waals surface area contributed by atoms with Gasteiger partial charge in [0.15, 0.2) is 11.9 Å². The summed E-state index contributed by atoms with van der Waals surface area (Å²) in [6.45, 7) is 2.37. The second-order valence-corrected chi connectivity index (χ2v) is 7.84. The molecular weight excluding hydrogens is 367 g/mol. The molecule has 0 amide bonds. The summed E-state index contributed by atoms with van der Waals surface area (Å²) in [6, 6.07) is 8.05. The van der Waals surface area contributed by atoms with Crippen molar-refractivity contribution in [2.45, 2.75) is 45.3 Å². The summed E-state index contributed by atoms with van der Waals surface area (Å²) in [5, 5.41) is 5.42. The Kier molecular flexibility index (Phi) is 4.78. The number of carbonyl (C=O) groups excluding carboxylic acids is 2. The highest BCUT2D eigenvalue weighted by molar-refractivity contribution is 7.20. The number of halogens is 1. The molecule has 0 radical (unpaired) electrons. The molecule has 3 aromatic rings. The van der Waals surface area contributed by atoms with E-state index in [2.05, 4.69) is 5.10 Å². The van der Waals surface area contributed by atoms with Crippen LogP contribution in [0.4, 0.5) is 4.39 Å². The Bertz CT molecular complexity index is 1010. The van der Waals surface area contributed by atoms with E-state index in [0.29, 0.717) is 24.3 Å². The minimum Gasteiger partial charge on any atom is -0.450 e. The fraction of sp³-hybridized carbons (Fsp3) is 0.350. The predicted octanol–water partition coefficient (Wildman–Crippen LogP) is 4.26. The van der Waals surface area contributed by atoms with Gasteiger partial charge in [0.25, 0.3) is 0 Å². The molecule has 2 aromatic heterocycles. The highest BCUT2D eigenvalue weighted by Gasteiger charge is 2.27. The van der Waals surface area contributed by atoms with Gasteiger partial charge in [-0.2, -0.15) is 5.10 Å². The molecule has 7 heteroatoms. The van der Waals surface area contributed by atoms with Crippen LogP contribution in [0.1, 0.15) is 46.6 Å². The SMILES string of the molecule is Cc1nn(Cc2ccc(F)cc2)c2sc(C(=O)O[C@H]3CCCCC3=O)cc12. The van der Waals surface area contributed by atoms with Crippen molar-refractivity contribution in [1.82, 2.24) is 9.78 Å². The maximum absolute atomic E-state index is 13.1. The third-order valence-electron chi connectivity index (χ3n) is 4.80. The summed E-state index contributed by atoms with van der Waals surface area (Å²) in [7, 11) is 0. The monoisotopic (exact) mass is 386 g/mol. The molecule has 0 saturated heterocycles. The molecule has 1 aromatic carbocycles. The van der Waals surface area contributed by atoms with Gasteiger partial charge in [0.05, 0.1) is 12.2 Å². The van der Waals surface area contributed by atoms with Crippen molar-refractivity contribution < 1.29 is 18.7 Å². The van der Waals surface area contributed by atoms with Crippen LogP contribution in [0, 0.1) is 12.7 Å². The van der Waals surface area contributed by atoms with Crippen LogP contribution < -0.4 is 0 Å². The third kappa shape index (κ3) is 3.64. The number of fused-ring (bicyclic) bond motifs is 1.